The summed E-state index contributed by atoms with van der Waals surface area (Å²) in [6, 6.07) is 5.81. The SMILES string of the molecule is O=C(NCc1cccc(F)c1)O[C@]1(O)CCCN(CC2CCCCC2)C1=O. The minimum absolute atomic E-state index is 0.0483. The molecule has 2 amide bonds. The molecule has 0 radical (unpaired) electrons. The van der Waals surface area contributed by atoms with Crippen LogP contribution in [0.3, 0.4) is 0 Å². The second kappa shape index (κ2) is 8.69. The molecule has 0 aromatic heterocycles. The molecule has 7 heteroatoms. The van der Waals surface area contributed by atoms with Gasteiger partial charge in [-0.15, -0.1) is 0 Å². The number of nitrogens with one attached hydrogen (secondary N) is 1. The van der Waals surface area contributed by atoms with Gasteiger partial charge in [0.1, 0.15) is 5.82 Å². The largest absolute Gasteiger partial charge is 0.410 e. The molecule has 0 unspecified atom stereocenters. The number of carbonyl (C=O) groups excluding carboxylic acids is 2. The van der Waals surface area contributed by atoms with E-state index in [4.69, 9.17) is 4.74 Å². The lowest BCUT2D eigenvalue weighted by molar-refractivity contribution is -0.206. The van der Waals surface area contributed by atoms with Gasteiger partial charge in [-0.2, -0.15) is 0 Å². The van der Waals surface area contributed by atoms with Gasteiger partial charge >= 0.3 is 6.09 Å². The van der Waals surface area contributed by atoms with Crippen molar-refractivity contribution in [3.05, 3.63) is 35.6 Å². The number of halogens is 1. The minimum atomic E-state index is -2.13. The van der Waals surface area contributed by atoms with E-state index in [0.717, 1.165) is 12.8 Å². The first kappa shape index (κ1) is 19.6. The fourth-order valence-corrected chi connectivity index (χ4v) is 3.93. The van der Waals surface area contributed by atoms with E-state index in [1.165, 1.54) is 31.4 Å². The van der Waals surface area contributed by atoms with Gasteiger partial charge in [-0.25, -0.2) is 9.18 Å². The van der Waals surface area contributed by atoms with Crippen LogP contribution in [0, 0.1) is 11.7 Å². The molecule has 27 heavy (non-hydrogen) atoms. The molecule has 6 nitrogen and oxygen atoms in total. The fraction of sp³-hybridized carbons (Fsp3) is 0.600. The monoisotopic (exact) mass is 378 g/mol. The third-order valence-electron chi connectivity index (χ3n) is 5.36. The molecule has 1 aromatic carbocycles. The molecule has 2 aliphatic rings. The van der Waals surface area contributed by atoms with Crippen molar-refractivity contribution in [3.63, 3.8) is 0 Å². The van der Waals surface area contributed by atoms with Gasteiger partial charge in [-0.05, 0) is 42.9 Å². The number of alkyl carbamates (subject to hydrolysis) is 1. The molecule has 0 spiro atoms. The summed E-state index contributed by atoms with van der Waals surface area (Å²) in [5.41, 5.74) is 0.563. The zero-order valence-electron chi connectivity index (χ0n) is 15.5. The number of ether oxygens (including phenoxy) is 1. The van der Waals surface area contributed by atoms with Crippen LogP contribution in [0.25, 0.3) is 0 Å². The van der Waals surface area contributed by atoms with Crippen molar-refractivity contribution in [3.8, 4) is 0 Å². The van der Waals surface area contributed by atoms with Gasteiger partial charge < -0.3 is 20.1 Å². The van der Waals surface area contributed by atoms with Crippen molar-refractivity contribution in [2.24, 2.45) is 5.92 Å². The molecular formula is C20H27FN2O4. The zero-order chi connectivity index (χ0) is 19.3. The van der Waals surface area contributed by atoms with E-state index in [1.54, 1.807) is 17.0 Å². The smallest absolute Gasteiger partial charge is 0.407 e. The Balaban J connectivity index is 1.53. The average molecular weight is 378 g/mol. The quantitative estimate of drug-likeness (QED) is 0.772. The lowest BCUT2D eigenvalue weighted by atomic mass is 9.88. The molecule has 1 aromatic rings. The van der Waals surface area contributed by atoms with Crippen molar-refractivity contribution in [2.75, 3.05) is 13.1 Å². The van der Waals surface area contributed by atoms with Gasteiger partial charge in [-0.1, -0.05) is 31.4 Å². The summed E-state index contributed by atoms with van der Waals surface area (Å²) in [5.74, 6) is -2.62. The van der Waals surface area contributed by atoms with E-state index in [9.17, 15) is 19.1 Å². The first-order valence-electron chi connectivity index (χ1n) is 9.69. The number of amides is 2. The minimum Gasteiger partial charge on any atom is -0.407 e. The molecule has 1 saturated heterocycles. The third-order valence-corrected chi connectivity index (χ3v) is 5.36. The lowest BCUT2D eigenvalue weighted by Gasteiger charge is -2.39. The van der Waals surface area contributed by atoms with Crippen LogP contribution in [0.4, 0.5) is 9.18 Å². The van der Waals surface area contributed by atoms with Gasteiger partial charge in [0.2, 0.25) is 0 Å². The Morgan fingerprint density at radius 2 is 2.07 bits per heavy atom. The lowest BCUT2D eigenvalue weighted by Crippen LogP contribution is -2.57. The summed E-state index contributed by atoms with van der Waals surface area (Å²) in [4.78, 5) is 26.4. The number of rotatable bonds is 5. The number of likely N-dealkylation sites (tertiary alicyclic amines) is 1. The molecule has 1 atom stereocenters. The summed E-state index contributed by atoms with van der Waals surface area (Å²) >= 11 is 0. The predicted molar refractivity (Wildman–Crippen MR) is 97.1 cm³/mol. The second-order valence-corrected chi connectivity index (χ2v) is 7.52. The first-order valence-corrected chi connectivity index (χ1v) is 9.69. The summed E-state index contributed by atoms with van der Waals surface area (Å²) in [7, 11) is 0. The Morgan fingerprint density at radius 1 is 1.30 bits per heavy atom. The molecular weight excluding hydrogens is 351 g/mol. The number of carbonyl (C=O) groups is 2. The van der Waals surface area contributed by atoms with Crippen molar-refractivity contribution < 1.29 is 23.8 Å². The number of hydrogen-bond acceptors (Lipinski definition) is 4. The highest BCUT2D eigenvalue weighted by Gasteiger charge is 2.46. The molecule has 1 aliphatic heterocycles. The van der Waals surface area contributed by atoms with E-state index in [-0.39, 0.29) is 13.0 Å². The van der Waals surface area contributed by atoms with Crippen LogP contribution < -0.4 is 5.32 Å². The summed E-state index contributed by atoms with van der Waals surface area (Å²) in [5, 5.41) is 13.1. The molecule has 0 bridgehead atoms. The van der Waals surface area contributed by atoms with Crippen molar-refractivity contribution in [2.45, 2.75) is 57.3 Å². The number of benzene rings is 1. The summed E-state index contributed by atoms with van der Waals surface area (Å²) in [6.07, 6.45) is 5.55. The van der Waals surface area contributed by atoms with E-state index in [1.807, 2.05) is 0 Å². The molecule has 1 saturated carbocycles. The Hall–Kier alpha value is -2.15. The normalized spacial score (nSPS) is 23.9. The molecule has 1 aliphatic carbocycles. The molecule has 148 valence electrons. The van der Waals surface area contributed by atoms with Crippen LogP contribution in [0.5, 0.6) is 0 Å². The molecule has 3 rings (SSSR count). The number of piperidine rings is 1. The zero-order valence-corrected chi connectivity index (χ0v) is 15.5. The predicted octanol–water partition coefficient (Wildman–Crippen LogP) is 2.94. The second-order valence-electron chi connectivity index (χ2n) is 7.52. The maximum Gasteiger partial charge on any atom is 0.410 e. The Labute approximate surface area is 158 Å². The molecule has 1 heterocycles. The van der Waals surface area contributed by atoms with Gasteiger partial charge in [0.05, 0.1) is 0 Å². The topological polar surface area (TPSA) is 78.9 Å². The summed E-state index contributed by atoms with van der Waals surface area (Å²) in [6.45, 7) is 1.23. The standard InChI is InChI=1S/C20H27FN2O4/c21-17-9-4-8-16(12-17)13-22-19(25)27-20(26)10-5-11-23(18(20)24)14-15-6-2-1-3-7-15/h4,8-9,12,15,26H,1-3,5-7,10-11,13-14H2,(H,22,25)/t20-/m1/s1. The van der Waals surface area contributed by atoms with Crippen molar-refractivity contribution in [1.82, 2.24) is 10.2 Å². The van der Waals surface area contributed by atoms with Gasteiger partial charge in [-0.3, -0.25) is 4.79 Å². The van der Waals surface area contributed by atoms with Crippen LogP contribution in [0.2, 0.25) is 0 Å². The number of aliphatic hydroxyl groups is 1. The highest BCUT2D eigenvalue weighted by Crippen LogP contribution is 2.29. The van der Waals surface area contributed by atoms with E-state index in [0.29, 0.717) is 31.0 Å². The van der Waals surface area contributed by atoms with Gasteiger partial charge in [0, 0.05) is 26.1 Å². The van der Waals surface area contributed by atoms with Gasteiger partial charge in [0.25, 0.3) is 11.7 Å². The van der Waals surface area contributed by atoms with Gasteiger partial charge in [0.15, 0.2) is 0 Å². The maximum absolute atomic E-state index is 13.2. The van der Waals surface area contributed by atoms with E-state index in [2.05, 4.69) is 5.32 Å². The van der Waals surface area contributed by atoms with Crippen molar-refractivity contribution in [1.29, 1.82) is 0 Å². The fourth-order valence-electron chi connectivity index (χ4n) is 3.93. The highest BCUT2D eigenvalue weighted by molar-refractivity contribution is 5.86. The molecule has 2 N–H and O–H groups in total. The summed E-state index contributed by atoms with van der Waals surface area (Å²) < 4.78 is 18.3. The number of hydrogen-bond donors (Lipinski definition) is 2. The van der Waals surface area contributed by atoms with Crippen LogP contribution in [-0.4, -0.2) is 40.9 Å². The van der Waals surface area contributed by atoms with E-state index >= 15 is 0 Å². The number of nitrogens with zero attached hydrogens (tertiary/aromatic N) is 1. The van der Waals surface area contributed by atoms with Crippen LogP contribution in [0.1, 0.15) is 50.5 Å². The average Bonchev–Trinajstić information content (AvgIpc) is 2.65. The Bertz CT molecular complexity index is 678. The first-order chi connectivity index (χ1) is 13.0. The van der Waals surface area contributed by atoms with Crippen LogP contribution in [-0.2, 0) is 16.1 Å². The Kier molecular flexibility index (Phi) is 6.31. The highest BCUT2D eigenvalue weighted by atomic mass is 19.1. The van der Waals surface area contributed by atoms with Crippen LogP contribution in [0.15, 0.2) is 24.3 Å². The molecule has 2 fully saturated rings. The van der Waals surface area contributed by atoms with E-state index < -0.39 is 23.6 Å². The maximum atomic E-state index is 13.2. The Morgan fingerprint density at radius 3 is 2.81 bits per heavy atom. The van der Waals surface area contributed by atoms with Crippen molar-refractivity contribution >= 4 is 12.0 Å². The third kappa shape index (κ3) is 5.19. The van der Waals surface area contributed by atoms with Crippen LogP contribution >= 0.6 is 0 Å².